The van der Waals surface area contributed by atoms with Gasteiger partial charge in [-0.15, -0.1) is 0 Å². The number of hydrogen-bond acceptors (Lipinski definition) is 2. The van der Waals surface area contributed by atoms with E-state index < -0.39 is 0 Å². The summed E-state index contributed by atoms with van der Waals surface area (Å²) < 4.78 is 14.5. The lowest BCUT2D eigenvalue weighted by atomic mass is 10.1. The Balaban J connectivity index is 2.00. The van der Waals surface area contributed by atoms with Crippen LogP contribution in [0.15, 0.2) is 22.7 Å². The Labute approximate surface area is 110 Å². The molecule has 17 heavy (non-hydrogen) atoms. The molecule has 0 heterocycles. The molecule has 94 valence electrons. The highest BCUT2D eigenvalue weighted by molar-refractivity contribution is 9.10. The fraction of sp³-hybridized carbons (Fsp3) is 0.538. The van der Waals surface area contributed by atoms with E-state index in [0.717, 1.165) is 22.9 Å². The largest absolute Gasteiger partial charge is 0.329 e. The Morgan fingerprint density at radius 3 is 2.82 bits per heavy atom. The predicted molar refractivity (Wildman–Crippen MR) is 71.2 cm³/mol. The van der Waals surface area contributed by atoms with Gasteiger partial charge in [0.25, 0.3) is 0 Å². The van der Waals surface area contributed by atoms with Crippen LogP contribution in [0, 0.1) is 17.7 Å². The van der Waals surface area contributed by atoms with E-state index in [1.54, 1.807) is 6.07 Å². The average molecular weight is 301 g/mol. The number of nitrogens with one attached hydrogen (secondary N) is 1. The van der Waals surface area contributed by atoms with Crippen molar-refractivity contribution in [1.29, 1.82) is 0 Å². The Kier molecular flexibility index (Phi) is 4.17. The van der Waals surface area contributed by atoms with Gasteiger partial charge in [0.2, 0.25) is 0 Å². The number of rotatable bonds is 5. The second-order valence-electron chi connectivity index (χ2n) is 4.84. The summed E-state index contributed by atoms with van der Waals surface area (Å²) in [4.78, 5) is 0. The molecule has 2 nitrogen and oxygen atoms in total. The Hall–Kier alpha value is -0.450. The monoisotopic (exact) mass is 300 g/mol. The van der Waals surface area contributed by atoms with Crippen LogP contribution >= 0.6 is 15.9 Å². The molecule has 0 amide bonds. The van der Waals surface area contributed by atoms with E-state index in [2.05, 4.69) is 28.2 Å². The molecule has 0 saturated heterocycles. The molecule has 0 radical (unpaired) electrons. The van der Waals surface area contributed by atoms with Gasteiger partial charge >= 0.3 is 0 Å². The van der Waals surface area contributed by atoms with Gasteiger partial charge in [0.1, 0.15) is 5.82 Å². The molecule has 1 aromatic carbocycles. The summed E-state index contributed by atoms with van der Waals surface area (Å²) in [5.74, 6) is 1.34. The minimum Gasteiger partial charge on any atom is -0.329 e. The van der Waals surface area contributed by atoms with Crippen LogP contribution in [0.5, 0.6) is 0 Å². The highest BCUT2D eigenvalue weighted by Gasteiger charge is 2.32. The third-order valence-electron chi connectivity index (χ3n) is 3.48. The van der Waals surface area contributed by atoms with Crippen LogP contribution in [0.4, 0.5) is 4.39 Å². The van der Waals surface area contributed by atoms with Gasteiger partial charge < -0.3 is 11.1 Å². The van der Waals surface area contributed by atoms with Gasteiger partial charge in [0.05, 0.1) is 0 Å². The minimum absolute atomic E-state index is 0.0871. The van der Waals surface area contributed by atoms with Crippen LogP contribution in [0.3, 0.4) is 0 Å². The zero-order valence-electron chi connectivity index (χ0n) is 9.92. The van der Waals surface area contributed by atoms with Crippen molar-refractivity contribution >= 4 is 15.9 Å². The van der Waals surface area contributed by atoms with E-state index in [0.29, 0.717) is 12.1 Å². The maximum absolute atomic E-state index is 13.8. The molecule has 2 rings (SSSR count). The van der Waals surface area contributed by atoms with Gasteiger partial charge in [0, 0.05) is 22.6 Å². The van der Waals surface area contributed by atoms with Crippen LogP contribution in [-0.2, 0) is 0 Å². The van der Waals surface area contributed by atoms with Crippen molar-refractivity contribution in [1.82, 2.24) is 5.32 Å². The van der Waals surface area contributed by atoms with Gasteiger partial charge in [-0.05, 0) is 36.9 Å². The molecular weight excluding hydrogens is 283 g/mol. The lowest BCUT2D eigenvalue weighted by Crippen LogP contribution is -2.30. The minimum atomic E-state index is -0.203. The summed E-state index contributed by atoms with van der Waals surface area (Å²) in [6.45, 7) is 3.59. The molecule has 3 N–H and O–H groups in total. The molecule has 1 fully saturated rings. The van der Waals surface area contributed by atoms with Gasteiger partial charge in [0.15, 0.2) is 0 Å². The first kappa shape index (κ1) is 13.0. The van der Waals surface area contributed by atoms with Crippen molar-refractivity contribution in [2.75, 3.05) is 13.1 Å². The van der Waals surface area contributed by atoms with E-state index in [-0.39, 0.29) is 11.9 Å². The number of nitrogens with two attached hydrogens (primary N) is 1. The number of benzene rings is 1. The normalized spacial score (nSPS) is 24.7. The molecule has 0 bridgehead atoms. The second-order valence-corrected chi connectivity index (χ2v) is 5.75. The van der Waals surface area contributed by atoms with Crippen LogP contribution in [0.1, 0.15) is 24.9 Å². The SMILES string of the molecule is CC1CC1CNC(CN)c1ccc(Br)cc1F. The maximum Gasteiger partial charge on any atom is 0.129 e. The Bertz CT molecular complexity index is 397. The van der Waals surface area contributed by atoms with Gasteiger partial charge in [-0.1, -0.05) is 28.9 Å². The average Bonchev–Trinajstić information content (AvgIpc) is 2.98. The van der Waals surface area contributed by atoms with E-state index in [9.17, 15) is 4.39 Å². The smallest absolute Gasteiger partial charge is 0.129 e. The highest BCUT2D eigenvalue weighted by Crippen LogP contribution is 2.37. The third kappa shape index (κ3) is 3.27. The van der Waals surface area contributed by atoms with Crippen LogP contribution in [0.25, 0.3) is 0 Å². The number of hydrogen-bond donors (Lipinski definition) is 2. The zero-order chi connectivity index (χ0) is 12.4. The quantitative estimate of drug-likeness (QED) is 0.877. The molecule has 0 aromatic heterocycles. The molecule has 0 aliphatic heterocycles. The standard InChI is InChI=1S/C13H18BrFN2/c1-8-4-9(8)7-17-13(6-16)11-3-2-10(14)5-12(11)15/h2-3,5,8-9,13,17H,4,6-7,16H2,1H3. The van der Waals surface area contributed by atoms with Crippen molar-refractivity contribution < 1.29 is 4.39 Å². The first-order valence-corrected chi connectivity index (χ1v) is 6.79. The van der Waals surface area contributed by atoms with E-state index in [1.807, 2.05) is 6.07 Å². The van der Waals surface area contributed by atoms with Gasteiger partial charge in [-0.25, -0.2) is 4.39 Å². The molecule has 3 unspecified atom stereocenters. The van der Waals surface area contributed by atoms with Crippen LogP contribution in [0.2, 0.25) is 0 Å². The van der Waals surface area contributed by atoms with Crippen LogP contribution in [-0.4, -0.2) is 13.1 Å². The molecule has 1 aromatic rings. The summed E-state index contributed by atoms with van der Waals surface area (Å²) in [7, 11) is 0. The third-order valence-corrected chi connectivity index (χ3v) is 3.97. The summed E-state index contributed by atoms with van der Waals surface area (Å²) >= 11 is 3.26. The van der Waals surface area contributed by atoms with Crippen molar-refractivity contribution in [2.45, 2.75) is 19.4 Å². The lowest BCUT2D eigenvalue weighted by molar-refractivity contribution is 0.486. The molecule has 0 spiro atoms. The highest BCUT2D eigenvalue weighted by atomic mass is 79.9. The van der Waals surface area contributed by atoms with E-state index in [1.165, 1.54) is 12.5 Å². The first-order chi connectivity index (χ1) is 8.11. The maximum atomic E-state index is 13.8. The topological polar surface area (TPSA) is 38.0 Å². The molecule has 1 aliphatic rings. The fourth-order valence-electron chi connectivity index (χ4n) is 2.08. The summed E-state index contributed by atoms with van der Waals surface area (Å²) in [5.41, 5.74) is 6.37. The Morgan fingerprint density at radius 2 is 2.29 bits per heavy atom. The van der Waals surface area contributed by atoms with Crippen molar-refractivity contribution in [3.8, 4) is 0 Å². The van der Waals surface area contributed by atoms with E-state index >= 15 is 0 Å². The number of halogens is 2. The second kappa shape index (κ2) is 5.46. The fourth-order valence-corrected chi connectivity index (χ4v) is 2.41. The molecule has 3 atom stereocenters. The van der Waals surface area contributed by atoms with E-state index in [4.69, 9.17) is 5.73 Å². The van der Waals surface area contributed by atoms with Crippen molar-refractivity contribution in [2.24, 2.45) is 17.6 Å². The van der Waals surface area contributed by atoms with Crippen molar-refractivity contribution in [3.63, 3.8) is 0 Å². The summed E-state index contributed by atoms with van der Waals surface area (Å²) in [5, 5.41) is 3.36. The lowest BCUT2D eigenvalue weighted by Gasteiger charge is -2.18. The molecule has 4 heteroatoms. The zero-order valence-corrected chi connectivity index (χ0v) is 11.5. The summed E-state index contributed by atoms with van der Waals surface area (Å²) in [6, 6.07) is 5.04. The van der Waals surface area contributed by atoms with Gasteiger partial charge in [-0.2, -0.15) is 0 Å². The molecule has 1 aliphatic carbocycles. The van der Waals surface area contributed by atoms with Gasteiger partial charge in [-0.3, -0.25) is 0 Å². The van der Waals surface area contributed by atoms with Crippen LogP contribution < -0.4 is 11.1 Å². The predicted octanol–water partition coefficient (Wildman–Crippen LogP) is 2.83. The molecular formula is C13H18BrFN2. The summed E-state index contributed by atoms with van der Waals surface area (Å²) in [6.07, 6.45) is 1.27. The Morgan fingerprint density at radius 1 is 1.59 bits per heavy atom. The van der Waals surface area contributed by atoms with Crippen molar-refractivity contribution in [3.05, 3.63) is 34.1 Å². The molecule has 1 saturated carbocycles. The first-order valence-electron chi connectivity index (χ1n) is 6.00.